The average molecular weight is 660 g/mol. The molecule has 0 N–H and O–H groups in total. The maximum Gasteiger partial charge on any atom is 0.339 e. The standard InChI is InChI=1S/C34H37Cl2FN2O4S/c1-33(2,3)44-19-28(20-9-10-20)39-29(21-12-14-26(36)27(37)16-21)30(22-7-6-8-24(35)15-22)43-34(4,32(39)41)17-25-13-11-23(18-38-25)31(40)42-5/h6-8,11-16,18,20,28-30H,9-10,17,19H2,1-5H3/t28-,29?,30-,34-/m1/s1. The number of carbonyl (C=O) groups excluding carboxylic acids is 2. The van der Waals surface area contributed by atoms with Crippen LogP contribution in [0.4, 0.5) is 4.39 Å². The highest BCUT2D eigenvalue weighted by atomic mass is 35.5. The lowest BCUT2D eigenvalue weighted by atomic mass is 9.85. The molecule has 1 unspecified atom stereocenters. The van der Waals surface area contributed by atoms with Gasteiger partial charge in [0, 0.05) is 39.9 Å². The number of esters is 1. The molecule has 0 bridgehead atoms. The molecule has 2 aromatic carbocycles. The molecule has 0 spiro atoms. The van der Waals surface area contributed by atoms with E-state index in [-0.39, 0.29) is 28.1 Å². The Labute approximate surface area is 272 Å². The number of rotatable bonds is 9. The molecule has 4 atom stereocenters. The third-order valence-corrected chi connectivity index (χ3v) is 10.0. The van der Waals surface area contributed by atoms with Crippen LogP contribution in [-0.4, -0.2) is 51.0 Å². The lowest BCUT2D eigenvalue weighted by molar-refractivity contribution is -0.202. The lowest BCUT2D eigenvalue weighted by Crippen LogP contribution is -2.62. The van der Waals surface area contributed by atoms with Gasteiger partial charge in [-0.1, -0.05) is 62.2 Å². The van der Waals surface area contributed by atoms with E-state index in [2.05, 4.69) is 25.8 Å². The molecule has 1 aliphatic heterocycles. The minimum atomic E-state index is -1.33. The maximum atomic E-state index is 15.0. The Morgan fingerprint density at radius 3 is 2.50 bits per heavy atom. The Morgan fingerprint density at radius 1 is 1.16 bits per heavy atom. The summed E-state index contributed by atoms with van der Waals surface area (Å²) < 4.78 is 26.7. The van der Waals surface area contributed by atoms with E-state index in [1.165, 1.54) is 25.4 Å². The number of halogens is 3. The molecule has 10 heteroatoms. The highest BCUT2D eigenvalue weighted by molar-refractivity contribution is 8.00. The first-order valence-corrected chi connectivity index (χ1v) is 16.4. The minimum absolute atomic E-state index is 0.0102. The fourth-order valence-corrected chi connectivity index (χ4v) is 7.17. The summed E-state index contributed by atoms with van der Waals surface area (Å²) in [4.78, 5) is 33.3. The van der Waals surface area contributed by atoms with E-state index in [9.17, 15) is 9.59 Å². The molecule has 1 aromatic heterocycles. The number of hydrogen-bond donors (Lipinski definition) is 0. The van der Waals surface area contributed by atoms with E-state index in [0.29, 0.717) is 27.8 Å². The monoisotopic (exact) mass is 658 g/mol. The number of carbonyl (C=O) groups is 2. The molecule has 6 nitrogen and oxygen atoms in total. The molecule has 1 saturated carbocycles. The molecule has 1 aliphatic carbocycles. The zero-order chi connectivity index (χ0) is 31.8. The number of aromatic nitrogens is 1. The SMILES string of the molecule is COC(=O)c1ccc(C[C@@]2(C)O[C@H](c3cccc(Cl)c3)C(c3ccc(Cl)c(F)c3)N([C@H](CSC(C)(C)C)C3CC3)C2=O)nc1. The summed E-state index contributed by atoms with van der Waals surface area (Å²) in [5.74, 6) is -0.211. The van der Waals surface area contributed by atoms with Crippen LogP contribution in [0.2, 0.25) is 10.0 Å². The van der Waals surface area contributed by atoms with Crippen LogP contribution in [0.5, 0.6) is 0 Å². The number of morpholine rings is 1. The predicted octanol–water partition coefficient (Wildman–Crippen LogP) is 8.27. The van der Waals surface area contributed by atoms with Gasteiger partial charge in [-0.25, -0.2) is 9.18 Å². The van der Waals surface area contributed by atoms with E-state index in [0.717, 1.165) is 24.2 Å². The summed E-state index contributed by atoms with van der Waals surface area (Å²) in [5.41, 5.74) is 0.941. The van der Waals surface area contributed by atoms with Crippen molar-refractivity contribution in [3.63, 3.8) is 0 Å². The van der Waals surface area contributed by atoms with Crippen LogP contribution in [0.1, 0.15) is 79.9 Å². The van der Waals surface area contributed by atoms with Gasteiger partial charge in [0.2, 0.25) is 0 Å². The fourth-order valence-electron chi connectivity index (χ4n) is 5.75. The van der Waals surface area contributed by atoms with Gasteiger partial charge in [0.05, 0.1) is 23.7 Å². The van der Waals surface area contributed by atoms with Gasteiger partial charge in [0.15, 0.2) is 5.60 Å². The summed E-state index contributed by atoms with van der Waals surface area (Å²) in [6.07, 6.45) is 2.95. The molecule has 234 valence electrons. The fraction of sp³-hybridized carbons (Fsp3) is 0.441. The maximum absolute atomic E-state index is 15.0. The zero-order valence-electron chi connectivity index (χ0n) is 25.5. The largest absolute Gasteiger partial charge is 0.465 e. The van der Waals surface area contributed by atoms with Gasteiger partial charge in [0.25, 0.3) is 5.91 Å². The van der Waals surface area contributed by atoms with E-state index < -0.39 is 29.5 Å². The first kappa shape index (κ1) is 32.7. The number of ether oxygens (including phenoxy) is 2. The highest BCUT2D eigenvalue weighted by Gasteiger charge is 2.55. The van der Waals surface area contributed by atoms with Gasteiger partial charge in [-0.3, -0.25) is 9.78 Å². The highest BCUT2D eigenvalue weighted by Crippen LogP contribution is 2.51. The number of thioether (sulfide) groups is 1. The Kier molecular flexibility index (Phi) is 9.66. The third kappa shape index (κ3) is 7.25. The van der Waals surface area contributed by atoms with Gasteiger partial charge in [-0.05, 0) is 73.2 Å². The molecule has 0 radical (unpaired) electrons. The van der Waals surface area contributed by atoms with Gasteiger partial charge < -0.3 is 14.4 Å². The van der Waals surface area contributed by atoms with Crippen molar-refractivity contribution in [1.82, 2.24) is 9.88 Å². The van der Waals surface area contributed by atoms with Crippen molar-refractivity contribution in [1.29, 1.82) is 0 Å². The quantitative estimate of drug-likeness (QED) is 0.216. The number of hydrogen-bond acceptors (Lipinski definition) is 6. The molecule has 44 heavy (non-hydrogen) atoms. The molecule has 2 fully saturated rings. The van der Waals surface area contributed by atoms with E-state index in [1.54, 1.807) is 31.2 Å². The zero-order valence-corrected chi connectivity index (χ0v) is 27.8. The van der Waals surface area contributed by atoms with Gasteiger partial charge in [-0.15, -0.1) is 0 Å². The van der Waals surface area contributed by atoms with Crippen molar-refractivity contribution >= 4 is 46.8 Å². The minimum Gasteiger partial charge on any atom is -0.465 e. The van der Waals surface area contributed by atoms with E-state index in [1.807, 2.05) is 34.9 Å². The first-order chi connectivity index (χ1) is 20.8. The van der Waals surface area contributed by atoms with Crippen LogP contribution >= 0.6 is 35.0 Å². The summed E-state index contributed by atoms with van der Waals surface area (Å²) in [6, 6.07) is 14.7. The number of nitrogens with zero attached hydrogens (tertiary/aromatic N) is 2. The second-order valence-corrected chi connectivity index (χ2v) is 15.4. The van der Waals surface area contributed by atoms with Crippen LogP contribution in [-0.2, 0) is 20.7 Å². The van der Waals surface area contributed by atoms with Crippen molar-refractivity contribution in [3.8, 4) is 0 Å². The van der Waals surface area contributed by atoms with Crippen LogP contribution in [0, 0.1) is 11.7 Å². The van der Waals surface area contributed by atoms with Gasteiger partial charge in [0.1, 0.15) is 11.9 Å². The first-order valence-electron chi connectivity index (χ1n) is 14.7. The molecule has 3 aromatic rings. The molecule has 2 heterocycles. The van der Waals surface area contributed by atoms with Crippen molar-refractivity contribution in [3.05, 3.63) is 99.0 Å². The van der Waals surface area contributed by atoms with E-state index >= 15 is 4.39 Å². The lowest BCUT2D eigenvalue weighted by Gasteiger charge is -2.52. The molecule has 1 amide bonds. The van der Waals surface area contributed by atoms with Crippen LogP contribution in [0.3, 0.4) is 0 Å². The molecular formula is C34H37Cl2FN2O4S. The summed E-state index contributed by atoms with van der Waals surface area (Å²) in [7, 11) is 1.31. The van der Waals surface area contributed by atoms with Gasteiger partial charge >= 0.3 is 5.97 Å². The summed E-state index contributed by atoms with van der Waals surface area (Å²) in [6.45, 7) is 8.28. The summed E-state index contributed by atoms with van der Waals surface area (Å²) >= 11 is 14.4. The Morgan fingerprint density at radius 2 is 1.91 bits per heavy atom. The Hall–Kier alpha value is -2.65. The van der Waals surface area contributed by atoms with Crippen molar-refractivity contribution in [2.75, 3.05) is 12.9 Å². The van der Waals surface area contributed by atoms with Crippen LogP contribution in [0.25, 0.3) is 0 Å². The number of benzene rings is 2. The number of amides is 1. The van der Waals surface area contributed by atoms with Crippen molar-refractivity contribution in [2.24, 2.45) is 5.92 Å². The Balaban J connectivity index is 1.64. The third-order valence-electron chi connectivity index (χ3n) is 8.10. The number of methoxy groups -OCH3 is 1. The molecular weight excluding hydrogens is 622 g/mol. The topological polar surface area (TPSA) is 68.7 Å². The molecule has 2 aliphatic rings. The number of pyridine rings is 1. The van der Waals surface area contributed by atoms with Crippen LogP contribution in [0.15, 0.2) is 60.8 Å². The van der Waals surface area contributed by atoms with Crippen molar-refractivity contribution in [2.45, 2.75) is 75.5 Å². The van der Waals surface area contributed by atoms with E-state index in [4.69, 9.17) is 32.7 Å². The average Bonchev–Trinajstić information content (AvgIpc) is 3.82. The predicted molar refractivity (Wildman–Crippen MR) is 173 cm³/mol. The second-order valence-electron chi connectivity index (χ2n) is 12.7. The molecule has 1 saturated heterocycles. The Bertz CT molecular complexity index is 1530. The normalized spacial score (nSPS) is 23.0. The smallest absolute Gasteiger partial charge is 0.339 e. The summed E-state index contributed by atoms with van der Waals surface area (Å²) in [5, 5.41) is 0.537. The van der Waals surface area contributed by atoms with Crippen LogP contribution < -0.4 is 0 Å². The second kappa shape index (κ2) is 13.0. The molecule has 5 rings (SSSR count). The van der Waals surface area contributed by atoms with Gasteiger partial charge in [-0.2, -0.15) is 11.8 Å². The van der Waals surface area contributed by atoms with Crippen molar-refractivity contribution < 1.29 is 23.5 Å².